The van der Waals surface area contributed by atoms with E-state index in [1.54, 1.807) is 0 Å². The van der Waals surface area contributed by atoms with Gasteiger partial charge in [-0.15, -0.1) is 0 Å². The number of aliphatic hydroxyl groups is 1. The molecular formula is C17H32O4. The first-order chi connectivity index (χ1) is 9.92. The summed E-state index contributed by atoms with van der Waals surface area (Å²) in [5.74, 6) is -2.05. The fourth-order valence-electron chi connectivity index (χ4n) is 2.31. The highest BCUT2D eigenvalue weighted by molar-refractivity contribution is 6.05. The van der Waals surface area contributed by atoms with Gasteiger partial charge < -0.3 is 10.2 Å². The van der Waals surface area contributed by atoms with Crippen LogP contribution in [0.3, 0.4) is 0 Å². The second-order valence-electron chi connectivity index (χ2n) is 6.09. The Balaban J connectivity index is 3.41. The van der Waals surface area contributed by atoms with Crippen molar-refractivity contribution in [3.05, 3.63) is 0 Å². The van der Waals surface area contributed by atoms with Gasteiger partial charge in [-0.2, -0.15) is 0 Å². The third-order valence-electron chi connectivity index (χ3n) is 3.97. The molecule has 4 nitrogen and oxygen atoms in total. The maximum Gasteiger partial charge on any atom is 0.343 e. The molecule has 0 fully saturated rings. The van der Waals surface area contributed by atoms with E-state index in [0.29, 0.717) is 6.42 Å². The fourth-order valence-corrected chi connectivity index (χ4v) is 2.31. The monoisotopic (exact) mass is 300 g/mol. The number of carbonyl (C=O) groups excluding carboxylic acids is 1. The van der Waals surface area contributed by atoms with Crippen molar-refractivity contribution in [3.8, 4) is 0 Å². The highest BCUT2D eigenvalue weighted by Gasteiger charge is 2.37. The van der Waals surface area contributed by atoms with Crippen LogP contribution in [-0.2, 0) is 9.59 Å². The molecule has 0 aromatic rings. The minimum Gasteiger partial charge on any atom is -0.479 e. The van der Waals surface area contributed by atoms with E-state index in [1.165, 1.54) is 51.4 Å². The molecule has 0 spiro atoms. The Kier molecular flexibility index (Phi) is 11.2. The Morgan fingerprint density at radius 3 is 1.57 bits per heavy atom. The molecule has 0 amide bonds. The summed E-state index contributed by atoms with van der Waals surface area (Å²) in [7, 11) is 0. The molecule has 124 valence electrons. The predicted molar refractivity (Wildman–Crippen MR) is 84.3 cm³/mol. The molecule has 2 N–H and O–H groups in total. The second kappa shape index (κ2) is 11.7. The smallest absolute Gasteiger partial charge is 0.343 e. The maximum atomic E-state index is 11.5. The van der Waals surface area contributed by atoms with Gasteiger partial charge in [0.15, 0.2) is 5.78 Å². The summed E-state index contributed by atoms with van der Waals surface area (Å²) in [4.78, 5) is 22.2. The van der Waals surface area contributed by atoms with Crippen molar-refractivity contribution >= 4 is 11.8 Å². The standard InChI is InChI=1S/C17H32O4/c1-3-4-5-6-7-8-9-10-11-12-13-14-15(18)17(2,21)16(19)20/h21H,3-14H2,1-2H3,(H,19,20). The molecule has 0 saturated heterocycles. The number of hydrogen-bond acceptors (Lipinski definition) is 3. The van der Waals surface area contributed by atoms with E-state index in [0.717, 1.165) is 19.8 Å². The lowest BCUT2D eigenvalue weighted by atomic mass is 9.96. The zero-order chi connectivity index (χ0) is 16.1. The first-order valence-corrected chi connectivity index (χ1v) is 8.42. The highest BCUT2D eigenvalue weighted by Crippen LogP contribution is 2.14. The molecule has 21 heavy (non-hydrogen) atoms. The van der Waals surface area contributed by atoms with Crippen LogP contribution in [0.4, 0.5) is 0 Å². The molecule has 0 aromatic carbocycles. The number of rotatable bonds is 14. The Labute approximate surface area is 128 Å². The van der Waals surface area contributed by atoms with Gasteiger partial charge in [0.05, 0.1) is 0 Å². The summed E-state index contributed by atoms with van der Waals surface area (Å²) in [5, 5.41) is 18.2. The number of carbonyl (C=O) groups is 2. The molecule has 0 aliphatic rings. The van der Waals surface area contributed by atoms with Crippen molar-refractivity contribution in [2.45, 2.75) is 96.5 Å². The molecule has 0 aromatic heterocycles. The van der Waals surface area contributed by atoms with Crippen molar-refractivity contribution in [1.82, 2.24) is 0 Å². The molecule has 0 aliphatic carbocycles. The van der Waals surface area contributed by atoms with E-state index in [2.05, 4.69) is 6.92 Å². The van der Waals surface area contributed by atoms with E-state index in [9.17, 15) is 14.7 Å². The third kappa shape index (κ3) is 9.62. The van der Waals surface area contributed by atoms with Crippen LogP contribution in [0.2, 0.25) is 0 Å². The van der Waals surface area contributed by atoms with Crippen molar-refractivity contribution in [1.29, 1.82) is 0 Å². The molecular weight excluding hydrogens is 268 g/mol. The van der Waals surface area contributed by atoms with Gasteiger partial charge in [0.25, 0.3) is 0 Å². The molecule has 0 saturated carbocycles. The van der Waals surface area contributed by atoms with Gasteiger partial charge in [0.1, 0.15) is 0 Å². The van der Waals surface area contributed by atoms with E-state index in [-0.39, 0.29) is 6.42 Å². The topological polar surface area (TPSA) is 74.6 Å². The molecule has 0 bridgehead atoms. The lowest BCUT2D eigenvalue weighted by Crippen LogP contribution is -2.43. The first kappa shape index (κ1) is 20.1. The van der Waals surface area contributed by atoms with Gasteiger partial charge in [-0.05, 0) is 13.3 Å². The number of ketones is 1. The van der Waals surface area contributed by atoms with Crippen LogP contribution in [0.1, 0.15) is 90.9 Å². The van der Waals surface area contributed by atoms with Crippen LogP contribution in [-0.4, -0.2) is 27.6 Å². The zero-order valence-electron chi connectivity index (χ0n) is 13.7. The Morgan fingerprint density at radius 1 is 0.810 bits per heavy atom. The highest BCUT2D eigenvalue weighted by atomic mass is 16.4. The van der Waals surface area contributed by atoms with E-state index in [4.69, 9.17) is 5.11 Å². The fraction of sp³-hybridized carbons (Fsp3) is 0.882. The molecule has 1 atom stereocenters. The summed E-state index contributed by atoms with van der Waals surface area (Å²) < 4.78 is 0. The predicted octanol–water partition coefficient (Wildman–Crippen LogP) is 4.09. The number of unbranched alkanes of at least 4 members (excludes halogenated alkanes) is 10. The normalized spacial score (nSPS) is 13.9. The Morgan fingerprint density at radius 2 is 1.19 bits per heavy atom. The van der Waals surface area contributed by atoms with Crippen molar-refractivity contribution in [2.75, 3.05) is 0 Å². The van der Waals surface area contributed by atoms with Crippen LogP contribution in [0.15, 0.2) is 0 Å². The Hall–Kier alpha value is -0.900. The molecule has 0 rings (SSSR count). The molecule has 4 heteroatoms. The number of Topliss-reactive ketones (excluding diaryl/α,β-unsaturated/α-hetero) is 1. The lowest BCUT2D eigenvalue weighted by Gasteiger charge is -2.15. The van der Waals surface area contributed by atoms with Gasteiger partial charge in [-0.3, -0.25) is 4.79 Å². The number of hydrogen-bond donors (Lipinski definition) is 2. The third-order valence-corrected chi connectivity index (χ3v) is 3.97. The van der Waals surface area contributed by atoms with Gasteiger partial charge in [0.2, 0.25) is 5.60 Å². The zero-order valence-corrected chi connectivity index (χ0v) is 13.7. The van der Waals surface area contributed by atoms with Crippen molar-refractivity contribution < 1.29 is 19.8 Å². The summed E-state index contributed by atoms with van der Waals surface area (Å²) >= 11 is 0. The van der Waals surface area contributed by atoms with Crippen LogP contribution in [0.5, 0.6) is 0 Å². The SMILES string of the molecule is CCCCCCCCCCCCCC(=O)C(C)(O)C(=O)O. The number of carboxylic acid groups (broad SMARTS) is 1. The molecule has 0 aliphatic heterocycles. The van der Waals surface area contributed by atoms with Gasteiger partial charge in [-0.1, -0.05) is 71.1 Å². The van der Waals surface area contributed by atoms with E-state index >= 15 is 0 Å². The number of aliphatic carboxylic acids is 1. The minimum absolute atomic E-state index is 0.149. The maximum absolute atomic E-state index is 11.5. The quantitative estimate of drug-likeness (QED) is 0.374. The largest absolute Gasteiger partial charge is 0.479 e. The van der Waals surface area contributed by atoms with E-state index < -0.39 is 17.4 Å². The Bertz CT molecular complexity index is 297. The van der Waals surface area contributed by atoms with Crippen LogP contribution in [0.25, 0.3) is 0 Å². The van der Waals surface area contributed by atoms with Gasteiger partial charge in [-0.25, -0.2) is 4.79 Å². The molecule has 0 radical (unpaired) electrons. The lowest BCUT2D eigenvalue weighted by molar-refractivity contribution is -0.163. The van der Waals surface area contributed by atoms with Crippen LogP contribution >= 0.6 is 0 Å². The first-order valence-electron chi connectivity index (χ1n) is 8.42. The summed E-state index contributed by atoms with van der Waals surface area (Å²) in [6, 6.07) is 0. The molecule has 0 heterocycles. The van der Waals surface area contributed by atoms with Crippen LogP contribution in [0, 0.1) is 0 Å². The summed E-state index contributed by atoms with van der Waals surface area (Å²) in [6.45, 7) is 3.27. The minimum atomic E-state index is -2.22. The average Bonchev–Trinajstić information content (AvgIpc) is 2.44. The molecule has 1 unspecified atom stereocenters. The summed E-state index contributed by atoms with van der Waals surface area (Å²) in [6.07, 6.45) is 13.2. The number of carboxylic acids is 1. The van der Waals surface area contributed by atoms with Crippen LogP contribution < -0.4 is 0 Å². The van der Waals surface area contributed by atoms with Gasteiger partial charge >= 0.3 is 5.97 Å². The van der Waals surface area contributed by atoms with Crippen molar-refractivity contribution in [3.63, 3.8) is 0 Å². The van der Waals surface area contributed by atoms with Crippen molar-refractivity contribution in [2.24, 2.45) is 0 Å². The van der Waals surface area contributed by atoms with E-state index in [1.807, 2.05) is 0 Å². The summed E-state index contributed by atoms with van der Waals surface area (Å²) in [5.41, 5.74) is -2.22. The van der Waals surface area contributed by atoms with Gasteiger partial charge in [0, 0.05) is 6.42 Å². The second-order valence-corrected chi connectivity index (χ2v) is 6.09. The average molecular weight is 300 g/mol.